The van der Waals surface area contributed by atoms with E-state index in [9.17, 15) is 4.79 Å². The van der Waals surface area contributed by atoms with E-state index in [1.807, 2.05) is 57.0 Å². The van der Waals surface area contributed by atoms with Crippen LogP contribution in [0.25, 0.3) is 0 Å². The van der Waals surface area contributed by atoms with Crippen LogP contribution >= 0.6 is 0 Å². The van der Waals surface area contributed by atoms with Crippen LogP contribution < -0.4 is 5.32 Å². The average molecular weight is 314 g/mol. The van der Waals surface area contributed by atoms with E-state index in [1.54, 1.807) is 6.20 Å². The highest BCUT2D eigenvalue weighted by Crippen LogP contribution is 2.10. The lowest BCUT2D eigenvalue weighted by atomic mass is 10.2. The Kier molecular flexibility index (Phi) is 5.79. The van der Waals surface area contributed by atoms with Crippen LogP contribution in [0.5, 0.6) is 0 Å². The molecule has 23 heavy (non-hydrogen) atoms. The van der Waals surface area contributed by atoms with Crippen LogP contribution in [0.2, 0.25) is 0 Å². The number of benzene rings is 1. The van der Waals surface area contributed by atoms with Gasteiger partial charge in [0.15, 0.2) is 0 Å². The number of imidazole rings is 1. The summed E-state index contributed by atoms with van der Waals surface area (Å²) in [5.41, 5.74) is 1.22. The molecule has 0 saturated carbocycles. The van der Waals surface area contributed by atoms with E-state index in [2.05, 4.69) is 27.0 Å². The molecule has 0 atom stereocenters. The zero-order valence-corrected chi connectivity index (χ0v) is 14.4. The highest BCUT2D eigenvalue weighted by Gasteiger charge is 2.20. The highest BCUT2D eigenvalue weighted by atomic mass is 16.2. The van der Waals surface area contributed by atoms with Gasteiger partial charge < -0.3 is 14.8 Å². The number of carbonyl (C=O) groups excluding carboxylic acids is 1. The topological polar surface area (TPSA) is 50.2 Å². The first-order valence-corrected chi connectivity index (χ1v) is 8.08. The largest absolute Gasteiger partial charge is 0.336 e. The van der Waals surface area contributed by atoms with E-state index in [0.717, 1.165) is 12.4 Å². The van der Waals surface area contributed by atoms with Crippen molar-refractivity contribution >= 4 is 6.03 Å². The molecule has 1 heterocycles. The number of hydrogen-bond donors (Lipinski definition) is 1. The standard InChI is InChI=1S/C18H26N4O/c1-14(2)20-18(23)22(15(3)4)13-17-19-10-11-21(17)12-16-8-6-5-7-9-16/h5-11,14-15H,12-13H2,1-4H3,(H,20,23). The van der Waals surface area contributed by atoms with Crippen molar-refractivity contribution in [3.8, 4) is 0 Å². The van der Waals surface area contributed by atoms with Crippen molar-refractivity contribution in [2.75, 3.05) is 0 Å². The first-order valence-electron chi connectivity index (χ1n) is 8.08. The van der Waals surface area contributed by atoms with Crippen molar-refractivity contribution in [2.24, 2.45) is 0 Å². The van der Waals surface area contributed by atoms with Gasteiger partial charge in [0.25, 0.3) is 0 Å². The minimum absolute atomic E-state index is 0.0516. The van der Waals surface area contributed by atoms with Crippen molar-refractivity contribution in [3.05, 3.63) is 54.1 Å². The van der Waals surface area contributed by atoms with Gasteiger partial charge in [-0.15, -0.1) is 0 Å². The van der Waals surface area contributed by atoms with Crippen molar-refractivity contribution < 1.29 is 4.79 Å². The number of rotatable bonds is 6. The average Bonchev–Trinajstić information content (AvgIpc) is 2.91. The lowest BCUT2D eigenvalue weighted by molar-refractivity contribution is 0.174. The van der Waals surface area contributed by atoms with E-state index < -0.39 is 0 Å². The number of amides is 2. The number of nitrogens with zero attached hydrogens (tertiary/aromatic N) is 3. The third kappa shape index (κ3) is 4.84. The molecule has 2 rings (SSSR count). The lowest BCUT2D eigenvalue weighted by Gasteiger charge is -2.28. The molecule has 0 aliphatic rings. The normalized spacial score (nSPS) is 11.0. The van der Waals surface area contributed by atoms with Gasteiger partial charge in [0, 0.05) is 31.0 Å². The number of aromatic nitrogens is 2. The molecule has 0 fully saturated rings. The molecule has 2 aromatic rings. The van der Waals surface area contributed by atoms with Crippen molar-refractivity contribution in [3.63, 3.8) is 0 Å². The van der Waals surface area contributed by atoms with E-state index in [-0.39, 0.29) is 18.1 Å². The maximum Gasteiger partial charge on any atom is 0.318 e. The molecule has 0 aliphatic carbocycles. The fourth-order valence-corrected chi connectivity index (χ4v) is 2.39. The molecule has 0 bridgehead atoms. The van der Waals surface area contributed by atoms with Crippen molar-refractivity contribution in [2.45, 2.75) is 52.9 Å². The van der Waals surface area contributed by atoms with Gasteiger partial charge in [-0.2, -0.15) is 0 Å². The second kappa shape index (κ2) is 7.81. The Hall–Kier alpha value is -2.30. The quantitative estimate of drug-likeness (QED) is 0.889. The zero-order chi connectivity index (χ0) is 16.8. The molecular formula is C18H26N4O. The van der Waals surface area contributed by atoms with E-state index in [0.29, 0.717) is 6.54 Å². The minimum Gasteiger partial charge on any atom is -0.336 e. The summed E-state index contributed by atoms with van der Waals surface area (Å²) in [5, 5.41) is 2.96. The molecule has 1 N–H and O–H groups in total. The Bertz CT molecular complexity index is 619. The summed E-state index contributed by atoms with van der Waals surface area (Å²) < 4.78 is 2.09. The molecule has 0 aliphatic heterocycles. The molecule has 0 spiro atoms. The number of urea groups is 1. The Labute approximate surface area is 138 Å². The fraction of sp³-hybridized carbons (Fsp3) is 0.444. The SMILES string of the molecule is CC(C)NC(=O)N(Cc1nccn1Cc1ccccc1)C(C)C. The molecular weight excluding hydrogens is 288 g/mol. The highest BCUT2D eigenvalue weighted by molar-refractivity contribution is 5.74. The molecule has 1 aromatic carbocycles. The van der Waals surface area contributed by atoms with Crippen LogP contribution in [0.3, 0.4) is 0 Å². The van der Waals surface area contributed by atoms with Crippen molar-refractivity contribution in [1.82, 2.24) is 19.8 Å². The third-order valence-electron chi connectivity index (χ3n) is 3.61. The maximum atomic E-state index is 12.4. The maximum absolute atomic E-state index is 12.4. The van der Waals surface area contributed by atoms with Gasteiger partial charge in [0.05, 0.1) is 6.54 Å². The van der Waals surface area contributed by atoms with Crippen LogP contribution in [0.1, 0.15) is 39.1 Å². The van der Waals surface area contributed by atoms with Crippen LogP contribution in [0, 0.1) is 0 Å². The van der Waals surface area contributed by atoms with Gasteiger partial charge in [-0.05, 0) is 33.3 Å². The molecule has 1 aromatic heterocycles. The smallest absolute Gasteiger partial charge is 0.318 e. The minimum atomic E-state index is -0.0516. The molecule has 2 amide bonds. The summed E-state index contributed by atoms with van der Waals surface area (Å²) in [6.45, 7) is 9.22. The summed E-state index contributed by atoms with van der Waals surface area (Å²) in [4.78, 5) is 18.6. The Morgan fingerprint density at radius 1 is 1.22 bits per heavy atom. The van der Waals surface area contributed by atoms with Gasteiger partial charge in [-0.3, -0.25) is 0 Å². The second-order valence-corrected chi connectivity index (χ2v) is 6.28. The Morgan fingerprint density at radius 2 is 1.91 bits per heavy atom. The molecule has 0 unspecified atom stereocenters. The molecule has 0 radical (unpaired) electrons. The monoisotopic (exact) mass is 314 g/mol. The predicted molar refractivity (Wildman–Crippen MR) is 92.1 cm³/mol. The van der Waals surface area contributed by atoms with Crippen LogP contribution in [-0.4, -0.2) is 32.6 Å². The Morgan fingerprint density at radius 3 is 2.52 bits per heavy atom. The van der Waals surface area contributed by atoms with Crippen molar-refractivity contribution in [1.29, 1.82) is 0 Å². The molecule has 124 valence electrons. The second-order valence-electron chi connectivity index (χ2n) is 6.28. The molecule has 5 heteroatoms. The first kappa shape index (κ1) is 17.1. The third-order valence-corrected chi connectivity index (χ3v) is 3.61. The molecule has 5 nitrogen and oxygen atoms in total. The summed E-state index contributed by atoms with van der Waals surface area (Å²) >= 11 is 0. The van der Waals surface area contributed by atoms with Gasteiger partial charge in [0.2, 0.25) is 0 Å². The Balaban J connectivity index is 2.12. The van der Waals surface area contributed by atoms with Gasteiger partial charge in [-0.25, -0.2) is 9.78 Å². The number of nitrogens with one attached hydrogen (secondary N) is 1. The van der Waals surface area contributed by atoms with Crippen LogP contribution in [0.15, 0.2) is 42.7 Å². The van der Waals surface area contributed by atoms with Gasteiger partial charge in [0.1, 0.15) is 5.82 Å². The fourth-order valence-electron chi connectivity index (χ4n) is 2.39. The molecule has 0 saturated heterocycles. The summed E-state index contributed by atoms with van der Waals surface area (Å²) in [5.74, 6) is 0.890. The van der Waals surface area contributed by atoms with Crippen LogP contribution in [0.4, 0.5) is 4.79 Å². The summed E-state index contributed by atoms with van der Waals surface area (Å²) in [6.07, 6.45) is 3.75. The van der Waals surface area contributed by atoms with E-state index in [1.165, 1.54) is 5.56 Å². The number of carbonyl (C=O) groups is 1. The van der Waals surface area contributed by atoms with Gasteiger partial charge in [-0.1, -0.05) is 30.3 Å². The summed E-state index contributed by atoms with van der Waals surface area (Å²) in [6, 6.07) is 10.4. The van der Waals surface area contributed by atoms with Crippen LogP contribution in [-0.2, 0) is 13.1 Å². The predicted octanol–water partition coefficient (Wildman–Crippen LogP) is 3.26. The zero-order valence-electron chi connectivity index (χ0n) is 14.4. The number of hydrogen-bond acceptors (Lipinski definition) is 2. The first-order chi connectivity index (χ1) is 11.0. The summed E-state index contributed by atoms with van der Waals surface area (Å²) in [7, 11) is 0. The van der Waals surface area contributed by atoms with Gasteiger partial charge >= 0.3 is 6.03 Å². The van der Waals surface area contributed by atoms with E-state index in [4.69, 9.17) is 0 Å². The lowest BCUT2D eigenvalue weighted by Crippen LogP contribution is -2.46. The van der Waals surface area contributed by atoms with E-state index >= 15 is 0 Å².